The fraction of sp³-hybridized carbons (Fsp3) is 0.478. The molecule has 0 bridgehead atoms. The number of nitrogens with zero attached hydrogens (tertiary/aromatic N) is 2. The second kappa shape index (κ2) is 8.66. The monoisotopic (exact) mass is 363 g/mol. The first-order valence-corrected chi connectivity index (χ1v) is 10.3. The van der Waals surface area contributed by atoms with Gasteiger partial charge in [-0.25, -0.2) is 0 Å². The molecular weight excluding hydrogens is 334 g/mol. The van der Waals surface area contributed by atoms with Crippen LogP contribution in [0.15, 0.2) is 42.5 Å². The van der Waals surface area contributed by atoms with Crippen LogP contribution in [0.1, 0.15) is 49.1 Å². The summed E-state index contributed by atoms with van der Waals surface area (Å²) in [5.41, 5.74) is 4.57. The molecule has 0 saturated carbocycles. The van der Waals surface area contributed by atoms with Crippen molar-refractivity contribution >= 4 is 11.6 Å². The largest absolute Gasteiger partial charge is 0.324 e. The Labute approximate surface area is 162 Å². The summed E-state index contributed by atoms with van der Waals surface area (Å²) in [5, 5.41) is 2.97. The number of aromatic nitrogens is 1. The van der Waals surface area contributed by atoms with Crippen molar-refractivity contribution in [2.45, 2.75) is 51.5 Å². The highest BCUT2D eigenvalue weighted by Gasteiger charge is 2.20. The van der Waals surface area contributed by atoms with E-state index in [-0.39, 0.29) is 5.91 Å². The Kier molecular flexibility index (Phi) is 5.83. The zero-order chi connectivity index (χ0) is 18.5. The van der Waals surface area contributed by atoms with Crippen LogP contribution in [0.2, 0.25) is 0 Å². The van der Waals surface area contributed by atoms with Crippen LogP contribution in [0.5, 0.6) is 0 Å². The molecule has 142 valence electrons. The highest BCUT2D eigenvalue weighted by molar-refractivity contribution is 5.91. The van der Waals surface area contributed by atoms with Crippen LogP contribution in [-0.4, -0.2) is 28.9 Å². The van der Waals surface area contributed by atoms with Crippen molar-refractivity contribution in [2.24, 2.45) is 5.92 Å². The van der Waals surface area contributed by atoms with Crippen LogP contribution < -0.4 is 5.32 Å². The zero-order valence-corrected chi connectivity index (χ0v) is 16.0. The minimum atomic E-state index is 0.116. The van der Waals surface area contributed by atoms with Crippen molar-refractivity contribution in [3.63, 3.8) is 0 Å². The van der Waals surface area contributed by atoms with Gasteiger partial charge in [0.1, 0.15) is 0 Å². The number of hydrogen-bond donors (Lipinski definition) is 1. The smallest absolute Gasteiger partial charge is 0.224 e. The van der Waals surface area contributed by atoms with Crippen molar-refractivity contribution < 1.29 is 4.79 Å². The number of nitrogens with one attached hydrogen (secondary N) is 1. The average Bonchev–Trinajstić information content (AvgIpc) is 2.88. The van der Waals surface area contributed by atoms with E-state index in [0.717, 1.165) is 43.1 Å². The quantitative estimate of drug-likeness (QED) is 0.866. The maximum Gasteiger partial charge on any atom is 0.224 e. The Morgan fingerprint density at radius 2 is 1.85 bits per heavy atom. The first-order chi connectivity index (χ1) is 13.3. The summed E-state index contributed by atoms with van der Waals surface area (Å²) in [6, 6.07) is 14.9. The van der Waals surface area contributed by atoms with Crippen molar-refractivity contribution in [1.29, 1.82) is 0 Å². The van der Waals surface area contributed by atoms with Gasteiger partial charge in [-0.05, 0) is 75.2 Å². The predicted octanol–water partition coefficient (Wildman–Crippen LogP) is 4.20. The highest BCUT2D eigenvalue weighted by Crippen LogP contribution is 2.25. The molecule has 0 aliphatic carbocycles. The van der Waals surface area contributed by atoms with E-state index in [1.807, 2.05) is 6.07 Å². The summed E-state index contributed by atoms with van der Waals surface area (Å²) < 4.78 is 0. The zero-order valence-electron chi connectivity index (χ0n) is 16.0. The number of rotatable bonds is 5. The molecular formula is C23H29N3O. The Balaban J connectivity index is 1.25. The fourth-order valence-corrected chi connectivity index (χ4v) is 4.25. The van der Waals surface area contributed by atoms with Gasteiger partial charge in [0, 0.05) is 18.7 Å². The second-order valence-corrected chi connectivity index (χ2v) is 7.94. The minimum Gasteiger partial charge on any atom is -0.324 e. The molecule has 2 aliphatic heterocycles. The molecule has 2 aromatic rings. The van der Waals surface area contributed by atoms with Crippen LogP contribution in [0.25, 0.3) is 0 Å². The summed E-state index contributed by atoms with van der Waals surface area (Å²) in [5.74, 6) is 0.919. The molecule has 1 aromatic carbocycles. The van der Waals surface area contributed by atoms with E-state index in [1.54, 1.807) is 0 Å². The number of hydrogen-bond acceptors (Lipinski definition) is 3. The number of pyridine rings is 1. The Hall–Kier alpha value is -2.20. The Morgan fingerprint density at radius 1 is 1.04 bits per heavy atom. The third-order valence-corrected chi connectivity index (χ3v) is 5.89. The normalized spacial score (nSPS) is 18.6. The van der Waals surface area contributed by atoms with Crippen LogP contribution >= 0.6 is 0 Å². The third kappa shape index (κ3) is 4.95. The van der Waals surface area contributed by atoms with E-state index in [4.69, 9.17) is 4.98 Å². The summed E-state index contributed by atoms with van der Waals surface area (Å²) in [6.07, 6.45) is 7.24. The SMILES string of the molecule is O=C1CCCc2nc(CCC3CCN(Cc4ccccc4)CC3)ccc2N1. The summed E-state index contributed by atoms with van der Waals surface area (Å²) >= 11 is 0. The highest BCUT2D eigenvalue weighted by atomic mass is 16.1. The molecule has 1 saturated heterocycles. The van der Waals surface area contributed by atoms with E-state index < -0.39 is 0 Å². The molecule has 1 fully saturated rings. The summed E-state index contributed by atoms with van der Waals surface area (Å²) in [4.78, 5) is 19.1. The van der Waals surface area contributed by atoms with Gasteiger partial charge in [-0.3, -0.25) is 14.7 Å². The summed E-state index contributed by atoms with van der Waals surface area (Å²) in [6.45, 7) is 3.47. The second-order valence-electron chi connectivity index (χ2n) is 7.94. The lowest BCUT2D eigenvalue weighted by atomic mass is 9.91. The molecule has 1 N–H and O–H groups in total. The van der Waals surface area contributed by atoms with Gasteiger partial charge in [-0.15, -0.1) is 0 Å². The molecule has 0 unspecified atom stereocenters. The number of aryl methyl sites for hydroxylation is 2. The van der Waals surface area contributed by atoms with Gasteiger partial charge in [0.15, 0.2) is 0 Å². The van der Waals surface area contributed by atoms with Gasteiger partial charge >= 0.3 is 0 Å². The first kappa shape index (κ1) is 18.2. The third-order valence-electron chi connectivity index (χ3n) is 5.89. The molecule has 0 radical (unpaired) electrons. The molecule has 4 nitrogen and oxygen atoms in total. The molecule has 27 heavy (non-hydrogen) atoms. The van der Waals surface area contributed by atoms with Gasteiger partial charge in [0.2, 0.25) is 5.91 Å². The predicted molar refractivity (Wildman–Crippen MR) is 109 cm³/mol. The van der Waals surface area contributed by atoms with Crippen LogP contribution in [0.3, 0.4) is 0 Å². The average molecular weight is 364 g/mol. The molecule has 4 rings (SSSR count). The topological polar surface area (TPSA) is 45.2 Å². The first-order valence-electron chi connectivity index (χ1n) is 10.3. The molecule has 3 heterocycles. The number of likely N-dealkylation sites (tertiary alicyclic amines) is 1. The summed E-state index contributed by atoms with van der Waals surface area (Å²) in [7, 11) is 0. The Morgan fingerprint density at radius 3 is 2.67 bits per heavy atom. The van der Waals surface area contributed by atoms with Gasteiger partial charge < -0.3 is 5.32 Å². The van der Waals surface area contributed by atoms with Crippen molar-refractivity contribution in [3.05, 3.63) is 59.4 Å². The van der Waals surface area contributed by atoms with Gasteiger partial charge in [-0.2, -0.15) is 0 Å². The molecule has 1 amide bonds. The van der Waals surface area contributed by atoms with Crippen molar-refractivity contribution in [3.8, 4) is 0 Å². The number of carbonyl (C=O) groups excluding carboxylic acids is 1. The van der Waals surface area contributed by atoms with Crippen molar-refractivity contribution in [2.75, 3.05) is 18.4 Å². The number of benzene rings is 1. The van der Waals surface area contributed by atoms with E-state index >= 15 is 0 Å². The number of fused-ring (bicyclic) bond motifs is 1. The molecule has 1 aromatic heterocycles. The van der Waals surface area contributed by atoms with Crippen LogP contribution in [-0.2, 0) is 24.2 Å². The number of amides is 1. The van der Waals surface area contributed by atoms with E-state index in [9.17, 15) is 4.79 Å². The number of piperidine rings is 1. The molecule has 4 heteroatoms. The molecule has 0 spiro atoms. The van der Waals surface area contributed by atoms with E-state index in [1.165, 1.54) is 43.6 Å². The van der Waals surface area contributed by atoms with Gasteiger partial charge in [0.05, 0.1) is 11.4 Å². The number of carbonyl (C=O) groups is 1. The van der Waals surface area contributed by atoms with E-state index in [2.05, 4.69) is 46.6 Å². The fourth-order valence-electron chi connectivity index (χ4n) is 4.25. The lowest BCUT2D eigenvalue weighted by Gasteiger charge is -2.32. The van der Waals surface area contributed by atoms with E-state index in [0.29, 0.717) is 6.42 Å². The Bertz CT molecular complexity index is 766. The molecule has 2 aliphatic rings. The minimum absolute atomic E-state index is 0.116. The lowest BCUT2D eigenvalue weighted by molar-refractivity contribution is -0.116. The number of anilines is 1. The maximum atomic E-state index is 11.7. The van der Waals surface area contributed by atoms with Gasteiger partial charge in [0.25, 0.3) is 0 Å². The standard InChI is InChI=1S/C23H29N3O/c27-23-8-4-7-21-22(25-23)12-11-20(24-21)10-9-18-13-15-26(16-14-18)17-19-5-2-1-3-6-19/h1-3,5-6,11-12,18H,4,7-10,13-17H2,(H,25,27). The van der Waals surface area contributed by atoms with Crippen LogP contribution in [0.4, 0.5) is 5.69 Å². The molecule has 0 atom stereocenters. The van der Waals surface area contributed by atoms with Gasteiger partial charge in [-0.1, -0.05) is 30.3 Å². The van der Waals surface area contributed by atoms with Crippen LogP contribution in [0, 0.1) is 5.92 Å². The van der Waals surface area contributed by atoms with Crippen molar-refractivity contribution in [1.82, 2.24) is 9.88 Å². The lowest BCUT2D eigenvalue weighted by Crippen LogP contribution is -2.33. The maximum absolute atomic E-state index is 11.7.